The third-order valence-electron chi connectivity index (χ3n) is 1.71. The first-order chi connectivity index (χ1) is 5.31. The van der Waals surface area contributed by atoms with Gasteiger partial charge in [-0.2, -0.15) is 0 Å². The first kappa shape index (κ1) is 10.4. The fraction of sp³-hybridized carbons (Fsp3) is 0.700. The highest BCUT2D eigenvalue weighted by molar-refractivity contribution is 5.49. The zero-order valence-electron chi connectivity index (χ0n) is 7.60. The topological polar surface area (TPSA) is 17.1 Å². The molecule has 0 atom stereocenters. The molecule has 0 amide bonds. The van der Waals surface area contributed by atoms with Crippen LogP contribution in [0.3, 0.4) is 0 Å². The maximum absolute atomic E-state index is 10.0. The van der Waals surface area contributed by atoms with Crippen LogP contribution in [0, 0.1) is 0 Å². The Morgan fingerprint density at radius 1 is 1.36 bits per heavy atom. The standard InChI is InChI=1S/C10H18O/c1-3-4-5-7-10(2)8-6-9-11/h7,9H,3-6,8H2,1-2H3/b10-7-. The van der Waals surface area contributed by atoms with Crippen molar-refractivity contribution < 1.29 is 4.79 Å². The van der Waals surface area contributed by atoms with Gasteiger partial charge in [0, 0.05) is 6.42 Å². The lowest BCUT2D eigenvalue weighted by Gasteiger charge is -1.96. The Bertz CT molecular complexity index is 125. The second-order valence-electron chi connectivity index (χ2n) is 2.90. The Labute approximate surface area is 69.5 Å². The molecule has 0 saturated carbocycles. The van der Waals surface area contributed by atoms with Gasteiger partial charge in [0.2, 0.25) is 0 Å². The predicted octanol–water partition coefficient (Wildman–Crippen LogP) is 3.10. The molecule has 0 saturated heterocycles. The van der Waals surface area contributed by atoms with Crippen molar-refractivity contribution in [2.45, 2.75) is 46.0 Å². The van der Waals surface area contributed by atoms with E-state index >= 15 is 0 Å². The van der Waals surface area contributed by atoms with Gasteiger partial charge < -0.3 is 4.79 Å². The lowest BCUT2D eigenvalue weighted by molar-refractivity contribution is -0.107. The van der Waals surface area contributed by atoms with Crippen LogP contribution in [-0.2, 0) is 4.79 Å². The molecule has 0 bridgehead atoms. The van der Waals surface area contributed by atoms with Gasteiger partial charge >= 0.3 is 0 Å². The number of hydrogen-bond donors (Lipinski definition) is 0. The Hall–Kier alpha value is -0.590. The molecule has 0 N–H and O–H groups in total. The molecule has 0 aliphatic rings. The summed E-state index contributed by atoms with van der Waals surface area (Å²) in [6.45, 7) is 4.29. The zero-order chi connectivity index (χ0) is 8.53. The van der Waals surface area contributed by atoms with Crippen molar-refractivity contribution in [3.05, 3.63) is 11.6 Å². The molecule has 0 aliphatic heterocycles. The van der Waals surface area contributed by atoms with E-state index in [1.54, 1.807) is 0 Å². The summed E-state index contributed by atoms with van der Waals surface area (Å²) in [6, 6.07) is 0. The molecule has 0 heterocycles. The highest BCUT2D eigenvalue weighted by atomic mass is 16.1. The molecule has 0 unspecified atom stereocenters. The van der Waals surface area contributed by atoms with Crippen molar-refractivity contribution in [3.8, 4) is 0 Å². The van der Waals surface area contributed by atoms with E-state index in [0.29, 0.717) is 6.42 Å². The molecule has 0 fully saturated rings. The van der Waals surface area contributed by atoms with E-state index in [-0.39, 0.29) is 0 Å². The Morgan fingerprint density at radius 3 is 2.64 bits per heavy atom. The second-order valence-corrected chi connectivity index (χ2v) is 2.90. The molecule has 0 aromatic heterocycles. The molecule has 0 spiro atoms. The molecular formula is C10H18O. The maximum atomic E-state index is 10.0. The highest BCUT2D eigenvalue weighted by Gasteiger charge is 1.88. The summed E-state index contributed by atoms with van der Waals surface area (Å²) >= 11 is 0. The quantitative estimate of drug-likeness (QED) is 0.326. The van der Waals surface area contributed by atoms with Gasteiger partial charge in [-0.1, -0.05) is 31.4 Å². The molecule has 0 radical (unpaired) electrons. The molecule has 0 aromatic rings. The van der Waals surface area contributed by atoms with Crippen LogP contribution >= 0.6 is 0 Å². The first-order valence-electron chi connectivity index (χ1n) is 4.40. The van der Waals surface area contributed by atoms with E-state index in [1.807, 2.05) is 0 Å². The number of unbranched alkanes of at least 4 members (excludes halogenated alkanes) is 2. The van der Waals surface area contributed by atoms with Gasteiger partial charge in [0.25, 0.3) is 0 Å². The van der Waals surface area contributed by atoms with E-state index in [1.165, 1.54) is 24.8 Å². The summed E-state index contributed by atoms with van der Waals surface area (Å²) in [5.74, 6) is 0. The van der Waals surface area contributed by atoms with Crippen LogP contribution in [0.2, 0.25) is 0 Å². The third kappa shape index (κ3) is 7.31. The Morgan fingerprint density at radius 2 is 2.09 bits per heavy atom. The molecular weight excluding hydrogens is 136 g/mol. The third-order valence-corrected chi connectivity index (χ3v) is 1.71. The van der Waals surface area contributed by atoms with Gasteiger partial charge in [-0.15, -0.1) is 0 Å². The smallest absolute Gasteiger partial charge is 0.120 e. The van der Waals surface area contributed by atoms with Gasteiger partial charge in [0.05, 0.1) is 0 Å². The number of carbonyl (C=O) groups excluding carboxylic acids is 1. The molecule has 1 heteroatoms. The number of allylic oxidation sites excluding steroid dienone is 2. The fourth-order valence-corrected chi connectivity index (χ4v) is 0.941. The van der Waals surface area contributed by atoms with Crippen LogP contribution in [0.4, 0.5) is 0 Å². The van der Waals surface area contributed by atoms with Gasteiger partial charge in [0.1, 0.15) is 6.29 Å². The summed E-state index contributed by atoms with van der Waals surface area (Å²) in [4.78, 5) is 10.0. The van der Waals surface area contributed by atoms with Crippen molar-refractivity contribution in [2.75, 3.05) is 0 Å². The normalized spacial score (nSPS) is 11.6. The molecule has 11 heavy (non-hydrogen) atoms. The summed E-state index contributed by atoms with van der Waals surface area (Å²) in [5.41, 5.74) is 1.35. The van der Waals surface area contributed by atoms with E-state index in [9.17, 15) is 4.79 Å². The van der Waals surface area contributed by atoms with E-state index < -0.39 is 0 Å². The highest BCUT2D eigenvalue weighted by Crippen LogP contribution is 2.05. The summed E-state index contributed by atoms with van der Waals surface area (Å²) in [5, 5.41) is 0. The van der Waals surface area contributed by atoms with Crippen LogP contribution < -0.4 is 0 Å². The van der Waals surface area contributed by atoms with Crippen molar-refractivity contribution in [3.63, 3.8) is 0 Å². The van der Waals surface area contributed by atoms with Crippen LogP contribution in [0.25, 0.3) is 0 Å². The fourth-order valence-electron chi connectivity index (χ4n) is 0.941. The first-order valence-corrected chi connectivity index (χ1v) is 4.40. The maximum Gasteiger partial charge on any atom is 0.120 e. The van der Waals surface area contributed by atoms with Gasteiger partial charge in [-0.25, -0.2) is 0 Å². The van der Waals surface area contributed by atoms with Gasteiger partial charge in [0.15, 0.2) is 0 Å². The minimum atomic E-state index is 0.675. The number of hydrogen-bond acceptors (Lipinski definition) is 1. The lowest BCUT2D eigenvalue weighted by Crippen LogP contribution is -1.79. The minimum Gasteiger partial charge on any atom is -0.303 e. The molecule has 0 aliphatic carbocycles. The van der Waals surface area contributed by atoms with Crippen molar-refractivity contribution in [2.24, 2.45) is 0 Å². The SMILES string of the molecule is CCCC/C=C(/C)CCC=O. The number of carbonyl (C=O) groups is 1. The monoisotopic (exact) mass is 154 g/mol. The van der Waals surface area contributed by atoms with E-state index in [0.717, 1.165) is 12.7 Å². The number of rotatable bonds is 6. The number of aldehydes is 1. The van der Waals surface area contributed by atoms with Crippen LogP contribution in [0.1, 0.15) is 46.0 Å². The van der Waals surface area contributed by atoms with Gasteiger partial charge in [-0.05, 0) is 19.8 Å². The zero-order valence-corrected chi connectivity index (χ0v) is 7.60. The molecule has 0 aromatic carbocycles. The summed E-state index contributed by atoms with van der Waals surface area (Å²) in [6.07, 6.45) is 8.52. The lowest BCUT2D eigenvalue weighted by atomic mass is 10.1. The van der Waals surface area contributed by atoms with Crippen molar-refractivity contribution in [1.82, 2.24) is 0 Å². The predicted molar refractivity (Wildman–Crippen MR) is 48.6 cm³/mol. The average molecular weight is 154 g/mol. The van der Waals surface area contributed by atoms with Crippen LogP contribution in [0.5, 0.6) is 0 Å². The molecule has 64 valence electrons. The van der Waals surface area contributed by atoms with Crippen molar-refractivity contribution >= 4 is 6.29 Å². The minimum absolute atomic E-state index is 0.675. The van der Waals surface area contributed by atoms with E-state index in [4.69, 9.17) is 0 Å². The van der Waals surface area contributed by atoms with Crippen LogP contribution in [0.15, 0.2) is 11.6 Å². The van der Waals surface area contributed by atoms with Gasteiger partial charge in [-0.3, -0.25) is 0 Å². The van der Waals surface area contributed by atoms with Crippen molar-refractivity contribution in [1.29, 1.82) is 0 Å². The average Bonchev–Trinajstić information content (AvgIpc) is 2.01. The summed E-state index contributed by atoms with van der Waals surface area (Å²) in [7, 11) is 0. The Kier molecular flexibility index (Phi) is 7.11. The van der Waals surface area contributed by atoms with E-state index in [2.05, 4.69) is 19.9 Å². The Balaban J connectivity index is 3.37. The molecule has 0 rings (SSSR count). The largest absolute Gasteiger partial charge is 0.303 e. The summed E-state index contributed by atoms with van der Waals surface area (Å²) < 4.78 is 0. The second kappa shape index (κ2) is 7.52. The molecule has 1 nitrogen and oxygen atoms in total. The van der Waals surface area contributed by atoms with Crippen LogP contribution in [-0.4, -0.2) is 6.29 Å².